The van der Waals surface area contributed by atoms with Gasteiger partial charge in [0.05, 0.1) is 5.39 Å². The number of nitrogens with two attached hydrogens (primary N) is 1. The highest BCUT2D eigenvalue weighted by atomic mass is 32.2. The third kappa shape index (κ3) is 3.99. The fraction of sp³-hybridized carbons (Fsp3) is 0.562. The third-order valence-corrected chi connectivity index (χ3v) is 5.50. The average Bonchev–Trinajstić information content (AvgIpc) is 2.52. The zero-order chi connectivity index (χ0) is 17.1. The molecule has 3 N–H and O–H groups in total. The van der Waals surface area contributed by atoms with Crippen LogP contribution >= 0.6 is 0 Å². The number of pyridine rings is 1. The van der Waals surface area contributed by atoms with Gasteiger partial charge in [-0.05, 0) is 38.4 Å². The summed E-state index contributed by atoms with van der Waals surface area (Å²) in [5.74, 6) is 2.58. The van der Waals surface area contributed by atoms with Crippen molar-refractivity contribution in [3.8, 4) is 0 Å². The molecule has 0 aliphatic carbocycles. The molecule has 7 nitrogen and oxygen atoms in total. The van der Waals surface area contributed by atoms with Gasteiger partial charge < -0.3 is 16.0 Å². The van der Waals surface area contributed by atoms with E-state index in [-0.39, 0.29) is 0 Å². The fourth-order valence-electron chi connectivity index (χ4n) is 2.99. The Hall–Kier alpha value is -1.80. The lowest BCUT2D eigenvalue weighted by atomic mass is 10.1. The van der Waals surface area contributed by atoms with E-state index in [1.165, 1.54) is 0 Å². The first-order valence-electron chi connectivity index (χ1n) is 8.25. The van der Waals surface area contributed by atoms with Gasteiger partial charge >= 0.3 is 0 Å². The lowest BCUT2D eigenvalue weighted by Gasteiger charge is -2.25. The van der Waals surface area contributed by atoms with Crippen molar-refractivity contribution in [2.45, 2.75) is 20.3 Å². The number of anilines is 2. The van der Waals surface area contributed by atoms with E-state index < -0.39 is 10.8 Å². The fourth-order valence-corrected chi connectivity index (χ4v) is 4.12. The Morgan fingerprint density at radius 3 is 2.75 bits per heavy atom. The molecule has 8 heteroatoms. The average molecular weight is 348 g/mol. The maximum absolute atomic E-state index is 11.3. The molecule has 0 unspecified atom stereocenters. The first-order chi connectivity index (χ1) is 11.5. The Morgan fingerprint density at radius 2 is 2.00 bits per heavy atom. The van der Waals surface area contributed by atoms with Crippen LogP contribution in [0.15, 0.2) is 6.07 Å². The zero-order valence-electron chi connectivity index (χ0n) is 14.2. The van der Waals surface area contributed by atoms with Crippen LogP contribution in [0.4, 0.5) is 11.8 Å². The molecule has 1 aliphatic heterocycles. The summed E-state index contributed by atoms with van der Waals surface area (Å²) in [6.07, 6.45) is 0.980. The molecule has 0 amide bonds. The number of aryl methyl sites for hydroxylation is 2. The van der Waals surface area contributed by atoms with Crippen molar-refractivity contribution >= 4 is 33.6 Å². The Bertz CT molecular complexity index is 756. The zero-order valence-corrected chi connectivity index (χ0v) is 15.0. The van der Waals surface area contributed by atoms with E-state index in [1.54, 1.807) is 0 Å². The van der Waals surface area contributed by atoms with Crippen molar-refractivity contribution < 1.29 is 4.21 Å². The largest absolute Gasteiger partial charge is 0.383 e. The van der Waals surface area contributed by atoms with Crippen molar-refractivity contribution in [1.29, 1.82) is 0 Å². The minimum atomic E-state index is -0.616. The van der Waals surface area contributed by atoms with E-state index in [0.717, 1.165) is 60.7 Å². The number of fused-ring (bicyclic) bond motifs is 1. The molecule has 24 heavy (non-hydrogen) atoms. The second-order valence-electron chi connectivity index (χ2n) is 6.18. The first kappa shape index (κ1) is 17.0. The molecule has 0 aromatic carbocycles. The predicted octanol–water partition coefficient (Wildman–Crippen LogP) is 1.09. The van der Waals surface area contributed by atoms with Crippen LogP contribution in [0.1, 0.15) is 17.7 Å². The lowest BCUT2D eigenvalue weighted by molar-refractivity contribution is 0.298. The lowest BCUT2D eigenvalue weighted by Crippen LogP contribution is -2.38. The Morgan fingerprint density at radius 1 is 1.25 bits per heavy atom. The van der Waals surface area contributed by atoms with Crippen molar-refractivity contribution in [2.75, 3.05) is 48.7 Å². The van der Waals surface area contributed by atoms with Gasteiger partial charge in [0.15, 0.2) is 5.65 Å². The van der Waals surface area contributed by atoms with Gasteiger partial charge in [-0.25, -0.2) is 4.98 Å². The molecule has 2 aromatic heterocycles. The summed E-state index contributed by atoms with van der Waals surface area (Å²) in [6.45, 7) is 7.56. The van der Waals surface area contributed by atoms with E-state index in [9.17, 15) is 4.21 Å². The summed E-state index contributed by atoms with van der Waals surface area (Å²) in [5, 5.41) is 4.06. The van der Waals surface area contributed by atoms with Crippen molar-refractivity contribution in [1.82, 2.24) is 19.9 Å². The van der Waals surface area contributed by atoms with Crippen molar-refractivity contribution in [2.24, 2.45) is 0 Å². The number of rotatable bonds is 5. The van der Waals surface area contributed by atoms with E-state index in [4.69, 9.17) is 5.73 Å². The molecule has 0 spiro atoms. The maximum atomic E-state index is 11.3. The van der Waals surface area contributed by atoms with Crippen LogP contribution in [0.25, 0.3) is 11.0 Å². The van der Waals surface area contributed by atoms with Crippen molar-refractivity contribution in [3.63, 3.8) is 0 Å². The topological polar surface area (TPSA) is 97.0 Å². The second kappa shape index (κ2) is 7.40. The maximum Gasteiger partial charge on any atom is 0.226 e. The van der Waals surface area contributed by atoms with Crippen LogP contribution in [0, 0.1) is 13.8 Å². The second-order valence-corrected chi connectivity index (χ2v) is 7.88. The van der Waals surface area contributed by atoms with Crippen LogP contribution in [0.5, 0.6) is 0 Å². The Labute approximate surface area is 144 Å². The minimum absolute atomic E-state index is 0.464. The molecule has 0 radical (unpaired) electrons. The highest BCUT2D eigenvalue weighted by Gasteiger charge is 2.14. The number of aromatic nitrogens is 3. The Kier molecular flexibility index (Phi) is 5.25. The summed E-state index contributed by atoms with van der Waals surface area (Å²) in [5.41, 5.74) is 8.68. The molecule has 1 aliphatic rings. The van der Waals surface area contributed by atoms with Crippen LogP contribution in [0.2, 0.25) is 0 Å². The van der Waals surface area contributed by atoms with Gasteiger partial charge in [-0.3, -0.25) is 4.21 Å². The summed E-state index contributed by atoms with van der Waals surface area (Å²) in [4.78, 5) is 15.6. The monoisotopic (exact) mass is 348 g/mol. The summed E-state index contributed by atoms with van der Waals surface area (Å²) in [6, 6.07) is 1.99. The number of hydrogen-bond donors (Lipinski definition) is 2. The molecule has 0 saturated carbocycles. The molecule has 2 aromatic rings. The van der Waals surface area contributed by atoms with Crippen LogP contribution in [-0.4, -0.2) is 61.7 Å². The van der Waals surface area contributed by atoms with Crippen LogP contribution < -0.4 is 11.1 Å². The molecule has 0 bridgehead atoms. The van der Waals surface area contributed by atoms with Gasteiger partial charge in [0.1, 0.15) is 5.82 Å². The third-order valence-electron chi connectivity index (χ3n) is 4.22. The quantitative estimate of drug-likeness (QED) is 0.781. The molecule has 3 heterocycles. The van der Waals surface area contributed by atoms with Gasteiger partial charge in [-0.1, -0.05) is 0 Å². The number of nitrogen functional groups attached to an aromatic ring is 1. The minimum Gasteiger partial charge on any atom is -0.383 e. The Balaban J connectivity index is 1.58. The SMILES string of the molecule is Cc1cc(C)c2c(N)nc(NCCCN3CCS(=O)CC3)nc2n1. The molecular formula is C16H24N6OS. The molecule has 0 atom stereocenters. The first-order valence-corrected chi connectivity index (χ1v) is 9.74. The molecule has 130 valence electrons. The van der Waals surface area contributed by atoms with Crippen molar-refractivity contribution in [3.05, 3.63) is 17.3 Å². The molecule has 1 saturated heterocycles. The molecule has 3 rings (SSSR count). The summed E-state index contributed by atoms with van der Waals surface area (Å²) < 4.78 is 11.3. The molecule has 1 fully saturated rings. The van der Waals surface area contributed by atoms with E-state index in [1.807, 2.05) is 19.9 Å². The van der Waals surface area contributed by atoms with Gasteiger partial charge in [0, 0.05) is 47.6 Å². The van der Waals surface area contributed by atoms with Gasteiger partial charge in [-0.15, -0.1) is 0 Å². The van der Waals surface area contributed by atoms with Gasteiger partial charge in [-0.2, -0.15) is 9.97 Å². The van der Waals surface area contributed by atoms with Crippen LogP contribution in [0.3, 0.4) is 0 Å². The van der Waals surface area contributed by atoms with Gasteiger partial charge in [0.2, 0.25) is 5.95 Å². The normalized spacial score (nSPS) is 16.6. The van der Waals surface area contributed by atoms with Crippen LogP contribution in [-0.2, 0) is 10.8 Å². The van der Waals surface area contributed by atoms with E-state index in [0.29, 0.717) is 17.4 Å². The van der Waals surface area contributed by atoms with E-state index >= 15 is 0 Å². The highest BCUT2D eigenvalue weighted by Crippen LogP contribution is 2.22. The predicted molar refractivity (Wildman–Crippen MR) is 98.6 cm³/mol. The number of hydrogen-bond acceptors (Lipinski definition) is 7. The number of nitrogens with one attached hydrogen (secondary N) is 1. The number of nitrogens with zero attached hydrogens (tertiary/aromatic N) is 4. The smallest absolute Gasteiger partial charge is 0.226 e. The summed E-state index contributed by atoms with van der Waals surface area (Å²) >= 11 is 0. The summed E-state index contributed by atoms with van der Waals surface area (Å²) in [7, 11) is -0.616. The van der Waals surface area contributed by atoms with Gasteiger partial charge in [0.25, 0.3) is 0 Å². The standard InChI is InChI=1S/C16H24N6OS/c1-11-10-12(2)19-15-13(11)14(17)20-16(21-15)18-4-3-5-22-6-8-24(23)9-7-22/h10H,3-9H2,1-2H3,(H3,17,18,19,20,21). The highest BCUT2D eigenvalue weighted by molar-refractivity contribution is 7.85. The van der Waals surface area contributed by atoms with E-state index in [2.05, 4.69) is 25.2 Å². The molecular weight excluding hydrogens is 324 g/mol.